The van der Waals surface area contributed by atoms with Crippen LogP contribution in [0.2, 0.25) is 0 Å². The van der Waals surface area contributed by atoms with E-state index in [0.29, 0.717) is 6.42 Å². The Bertz CT molecular complexity index is 897. The molecule has 10 heteroatoms. The minimum Gasteiger partial charge on any atom is -0.462 e. The van der Waals surface area contributed by atoms with Gasteiger partial charge in [-0.25, -0.2) is 4.57 Å². The van der Waals surface area contributed by atoms with Crippen LogP contribution in [0.5, 0.6) is 0 Å². The molecule has 0 aromatic heterocycles. The third kappa shape index (κ3) is 38.0. The highest BCUT2D eigenvalue weighted by Gasteiger charge is 2.26. The quantitative estimate of drug-likeness (QED) is 0.0273. The van der Waals surface area contributed by atoms with Crippen LogP contribution in [0.1, 0.15) is 194 Å². The highest BCUT2D eigenvalue weighted by Crippen LogP contribution is 2.43. The number of phosphoric acid groups is 1. The van der Waals surface area contributed by atoms with Crippen molar-refractivity contribution < 1.29 is 37.6 Å². The molecule has 51 heavy (non-hydrogen) atoms. The van der Waals surface area contributed by atoms with E-state index in [1.165, 1.54) is 96.3 Å². The first-order chi connectivity index (χ1) is 24.8. The van der Waals surface area contributed by atoms with E-state index in [1.54, 1.807) is 0 Å². The van der Waals surface area contributed by atoms with Crippen LogP contribution in [-0.2, 0) is 32.7 Å². The summed E-state index contributed by atoms with van der Waals surface area (Å²) >= 11 is 0. The molecule has 9 nitrogen and oxygen atoms in total. The van der Waals surface area contributed by atoms with Crippen molar-refractivity contribution in [2.45, 2.75) is 200 Å². The summed E-state index contributed by atoms with van der Waals surface area (Å²) < 4.78 is 32.7. The number of carbonyl (C=O) groups excluding carboxylic acids is 2. The molecular weight excluding hydrogens is 665 g/mol. The van der Waals surface area contributed by atoms with Crippen molar-refractivity contribution in [1.29, 1.82) is 0 Å². The van der Waals surface area contributed by atoms with E-state index in [1.807, 2.05) is 0 Å². The highest BCUT2D eigenvalue weighted by atomic mass is 31.2. The SMILES string of the molecule is CCCCCCCC/C=C/CCCCCCCC(=O)OC[C@H](COP(=O)(O)OCCN)OC(=O)CCCCC/C=C/CCCCCCCCCC. The third-order valence-electron chi connectivity index (χ3n) is 8.81. The Labute approximate surface area is 312 Å². The predicted molar refractivity (Wildman–Crippen MR) is 211 cm³/mol. The number of phosphoric ester groups is 1. The van der Waals surface area contributed by atoms with Gasteiger partial charge in [0.05, 0.1) is 13.2 Å². The average Bonchev–Trinajstić information content (AvgIpc) is 3.11. The molecule has 0 saturated heterocycles. The van der Waals surface area contributed by atoms with E-state index in [4.69, 9.17) is 24.3 Å². The van der Waals surface area contributed by atoms with E-state index >= 15 is 0 Å². The van der Waals surface area contributed by atoms with E-state index < -0.39 is 32.5 Å². The van der Waals surface area contributed by atoms with Crippen molar-refractivity contribution >= 4 is 19.8 Å². The van der Waals surface area contributed by atoms with Gasteiger partial charge in [0, 0.05) is 19.4 Å². The molecule has 0 fully saturated rings. The highest BCUT2D eigenvalue weighted by molar-refractivity contribution is 7.47. The largest absolute Gasteiger partial charge is 0.472 e. The van der Waals surface area contributed by atoms with E-state index in [9.17, 15) is 19.0 Å². The smallest absolute Gasteiger partial charge is 0.462 e. The van der Waals surface area contributed by atoms with Crippen LogP contribution in [0.15, 0.2) is 24.3 Å². The Kier molecular flexibility index (Phi) is 37.1. The van der Waals surface area contributed by atoms with Crippen LogP contribution in [-0.4, -0.2) is 49.3 Å². The second kappa shape index (κ2) is 38.2. The molecule has 2 atom stereocenters. The molecule has 0 bridgehead atoms. The van der Waals surface area contributed by atoms with Gasteiger partial charge in [0.1, 0.15) is 6.61 Å². The van der Waals surface area contributed by atoms with Crippen molar-refractivity contribution in [3.63, 3.8) is 0 Å². The predicted octanol–water partition coefficient (Wildman–Crippen LogP) is 11.6. The maximum atomic E-state index is 12.5. The first-order valence-electron chi connectivity index (χ1n) is 20.8. The van der Waals surface area contributed by atoms with Crippen LogP contribution >= 0.6 is 7.82 Å². The van der Waals surface area contributed by atoms with Crippen LogP contribution in [0.3, 0.4) is 0 Å². The van der Waals surface area contributed by atoms with Crippen molar-refractivity contribution in [3.05, 3.63) is 24.3 Å². The summed E-state index contributed by atoms with van der Waals surface area (Å²) in [5, 5.41) is 0. The lowest BCUT2D eigenvalue weighted by Crippen LogP contribution is -2.29. The standard InChI is InChI=1S/C41H78NO8P/c1-3-5-7-9-11-13-15-17-19-21-23-25-27-29-31-33-40(43)47-37-39(38-49-51(45,46)48-36-35-42)50-41(44)34-32-30-28-26-24-22-20-18-16-14-12-10-8-6-4-2/h17,19,22,24,39H,3-16,18,20-21,23,25-38,42H2,1-2H3,(H,45,46)/b19-17+,24-22+/t39-/m1/s1. The molecule has 0 radical (unpaired) electrons. The Hall–Kier alpha value is -1.51. The van der Waals surface area contributed by atoms with Gasteiger partial charge in [-0.1, -0.05) is 141 Å². The average molecular weight is 744 g/mol. The third-order valence-corrected chi connectivity index (χ3v) is 9.79. The second-order valence-corrected chi connectivity index (χ2v) is 15.3. The molecule has 0 rings (SSSR count). The Morgan fingerprint density at radius 3 is 1.41 bits per heavy atom. The first kappa shape index (κ1) is 49.5. The maximum Gasteiger partial charge on any atom is 0.472 e. The summed E-state index contributed by atoms with van der Waals surface area (Å²) in [7, 11) is -4.38. The summed E-state index contributed by atoms with van der Waals surface area (Å²) in [6, 6.07) is 0. The molecule has 3 N–H and O–H groups in total. The fourth-order valence-electron chi connectivity index (χ4n) is 5.68. The normalized spacial score (nSPS) is 13.6. The molecule has 300 valence electrons. The summed E-state index contributed by atoms with van der Waals surface area (Å²) in [5.74, 6) is -0.853. The van der Waals surface area contributed by atoms with Gasteiger partial charge in [-0.2, -0.15) is 0 Å². The van der Waals surface area contributed by atoms with Gasteiger partial charge in [0.25, 0.3) is 0 Å². The minimum absolute atomic E-state index is 0.0509. The van der Waals surface area contributed by atoms with Crippen molar-refractivity contribution in [2.75, 3.05) is 26.4 Å². The number of rotatable bonds is 39. The van der Waals surface area contributed by atoms with Crippen LogP contribution in [0.25, 0.3) is 0 Å². The summed E-state index contributed by atoms with van der Waals surface area (Å²) in [6.07, 6.45) is 39.2. The Morgan fingerprint density at radius 1 is 0.569 bits per heavy atom. The molecule has 0 heterocycles. The van der Waals surface area contributed by atoms with Gasteiger partial charge in [-0.15, -0.1) is 0 Å². The number of allylic oxidation sites excluding steroid dienone is 4. The number of nitrogens with two attached hydrogens (primary N) is 1. The monoisotopic (exact) mass is 744 g/mol. The lowest BCUT2D eigenvalue weighted by Gasteiger charge is -2.19. The number of hydrogen-bond donors (Lipinski definition) is 2. The molecule has 0 aliphatic heterocycles. The van der Waals surface area contributed by atoms with Gasteiger partial charge in [-0.05, 0) is 64.2 Å². The Morgan fingerprint density at radius 2 is 0.961 bits per heavy atom. The van der Waals surface area contributed by atoms with Gasteiger partial charge < -0.3 is 20.1 Å². The van der Waals surface area contributed by atoms with Crippen molar-refractivity contribution in [1.82, 2.24) is 0 Å². The van der Waals surface area contributed by atoms with Crippen molar-refractivity contribution in [2.24, 2.45) is 5.73 Å². The van der Waals surface area contributed by atoms with E-state index in [-0.39, 0.29) is 32.6 Å². The molecule has 0 saturated carbocycles. The molecule has 0 amide bonds. The lowest BCUT2D eigenvalue weighted by molar-refractivity contribution is -0.161. The number of carbonyl (C=O) groups is 2. The van der Waals surface area contributed by atoms with Gasteiger partial charge >= 0.3 is 19.8 Å². The maximum absolute atomic E-state index is 12.5. The summed E-state index contributed by atoms with van der Waals surface area (Å²) in [6.45, 7) is 3.70. The summed E-state index contributed by atoms with van der Waals surface area (Å²) in [5.41, 5.74) is 5.34. The zero-order valence-corrected chi connectivity index (χ0v) is 33.7. The number of ether oxygens (including phenoxy) is 2. The fraction of sp³-hybridized carbons (Fsp3) is 0.854. The zero-order valence-electron chi connectivity index (χ0n) is 32.8. The lowest BCUT2D eigenvalue weighted by atomic mass is 10.1. The molecule has 1 unspecified atom stereocenters. The zero-order chi connectivity index (χ0) is 37.5. The summed E-state index contributed by atoms with van der Waals surface area (Å²) in [4.78, 5) is 34.8. The number of unbranched alkanes of at least 4 members (excludes halogenated alkanes) is 22. The van der Waals surface area contributed by atoms with Crippen LogP contribution in [0.4, 0.5) is 0 Å². The molecule has 0 aliphatic rings. The first-order valence-corrected chi connectivity index (χ1v) is 22.3. The molecule has 0 spiro atoms. The van der Waals surface area contributed by atoms with Crippen LogP contribution in [0, 0.1) is 0 Å². The van der Waals surface area contributed by atoms with E-state index in [2.05, 4.69) is 38.2 Å². The Balaban J connectivity index is 4.21. The minimum atomic E-state index is -4.38. The van der Waals surface area contributed by atoms with E-state index in [0.717, 1.165) is 64.2 Å². The molecule has 0 aromatic rings. The second-order valence-electron chi connectivity index (χ2n) is 13.8. The molecule has 0 aliphatic carbocycles. The fourth-order valence-corrected chi connectivity index (χ4v) is 6.45. The topological polar surface area (TPSA) is 134 Å². The molecule has 0 aromatic carbocycles. The number of hydrogen-bond acceptors (Lipinski definition) is 8. The van der Waals surface area contributed by atoms with Gasteiger partial charge in [-0.3, -0.25) is 18.6 Å². The number of esters is 2. The van der Waals surface area contributed by atoms with Gasteiger partial charge in [0.15, 0.2) is 6.10 Å². The molecular formula is C41H78NO8P. The van der Waals surface area contributed by atoms with Crippen molar-refractivity contribution in [3.8, 4) is 0 Å². The van der Waals surface area contributed by atoms with Gasteiger partial charge in [0.2, 0.25) is 0 Å². The van der Waals surface area contributed by atoms with Crippen LogP contribution < -0.4 is 5.73 Å².